The first-order chi connectivity index (χ1) is 8.28. The Hall–Kier alpha value is -0.0400. The molecule has 0 fully saturated rings. The van der Waals surface area contributed by atoms with Gasteiger partial charge in [0, 0.05) is 6.61 Å². The molecule has 0 N–H and O–H groups in total. The lowest BCUT2D eigenvalue weighted by Gasteiger charge is -2.19. The van der Waals surface area contributed by atoms with Crippen molar-refractivity contribution in [3.05, 3.63) is 0 Å². The van der Waals surface area contributed by atoms with Crippen LogP contribution in [-0.4, -0.2) is 12.7 Å². The summed E-state index contributed by atoms with van der Waals surface area (Å²) in [6.07, 6.45) is 12.1. The SMILES string of the molecule is CCCCC(CCC)OCCC(CC)CCC. The van der Waals surface area contributed by atoms with E-state index in [2.05, 4.69) is 27.7 Å². The molecule has 0 aromatic carbocycles. The highest BCUT2D eigenvalue weighted by atomic mass is 16.5. The van der Waals surface area contributed by atoms with Gasteiger partial charge in [-0.05, 0) is 25.2 Å². The summed E-state index contributed by atoms with van der Waals surface area (Å²) in [5, 5.41) is 0. The highest BCUT2D eigenvalue weighted by Gasteiger charge is 2.09. The highest BCUT2D eigenvalue weighted by molar-refractivity contribution is 4.60. The minimum atomic E-state index is 0.527. The predicted molar refractivity (Wildman–Crippen MR) is 77.5 cm³/mol. The smallest absolute Gasteiger partial charge is 0.0575 e. The molecule has 0 radical (unpaired) electrons. The molecule has 17 heavy (non-hydrogen) atoms. The fraction of sp³-hybridized carbons (Fsp3) is 1.00. The molecule has 104 valence electrons. The van der Waals surface area contributed by atoms with Crippen LogP contribution in [0.25, 0.3) is 0 Å². The Bertz CT molecular complexity index is 144. The van der Waals surface area contributed by atoms with Gasteiger partial charge in [-0.15, -0.1) is 0 Å². The zero-order valence-corrected chi connectivity index (χ0v) is 12.6. The lowest BCUT2D eigenvalue weighted by atomic mass is 9.97. The van der Waals surface area contributed by atoms with Crippen LogP contribution in [0.1, 0.15) is 85.5 Å². The molecule has 1 heteroatoms. The van der Waals surface area contributed by atoms with Crippen molar-refractivity contribution < 1.29 is 4.74 Å². The molecule has 0 bridgehead atoms. The third-order valence-electron chi connectivity index (χ3n) is 3.64. The molecule has 0 spiro atoms. The largest absolute Gasteiger partial charge is 0.378 e. The average molecular weight is 242 g/mol. The van der Waals surface area contributed by atoms with Crippen molar-refractivity contribution >= 4 is 0 Å². The van der Waals surface area contributed by atoms with Crippen molar-refractivity contribution in [1.29, 1.82) is 0 Å². The molecule has 2 unspecified atom stereocenters. The van der Waals surface area contributed by atoms with Crippen molar-refractivity contribution in [2.24, 2.45) is 5.92 Å². The van der Waals surface area contributed by atoms with Crippen LogP contribution in [-0.2, 0) is 4.74 Å². The van der Waals surface area contributed by atoms with Crippen LogP contribution in [0.2, 0.25) is 0 Å². The quantitative estimate of drug-likeness (QED) is 0.434. The number of ether oxygens (including phenoxy) is 1. The van der Waals surface area contributed by atoms with E-state index in [9.17, 15) is 0 Å². The monoisotopic (exact) mass is 242 g/mol. The standard InChI is InChI=1S/C16H34O/c1-5-9-12-16(11-7-3)17-14-13-15(8-4)10-6-2/h15-16H,5-14H2,1-4H3. The first-order valence-corrected chi connectivity index (χ1v) is 7.89. The second-order valence-corrected chi connectivity index (χ2v) is 5.28. The molecule has 2 atom stereocenters. The van der Waals surface area contributed by atoms with E-state index in [-0.39, 0.29) is 0 Å². The minimum absolute atomic E-state index is 0.527. The van der Waals surface area contributed by atoms with Gasteiger partial charge in [0.2, 0.25) is 0 Å². The molecule has 0 heterocycles. The third kappa shape index (κ3) is 9.64. The number of hydrogen-bond acceptors (Lipinski definition) is 1. The second-order valence-electron chi connectivity index (χ2n) is 5.28. The Morgan fingerprint density at radius 3 is 2.00 bits per heavy atom. The maximum atomic E-state index is 6.06. The summed E-state index contributed by atoms with van der Waals surface area (Å²) < 4.78 is 6.06. The van der Waals surface area contributed by atoms with Gasteiger partial charge in [0.15, 0.2) is 0 Å². The summed E-state index contributed by atoms with van der Waals surface area (Å²) >= 11 is 0. The zero-order chi connectivity index (χ0) is 12.9. The molecule has 0 aromatic rings. The molecule has 0 aromatic heterocycles. The molecular formula is C16H34O. The van der Waals surface area contributed by atoms with E-state index in [1.807, 2.05) is 0 Å². The van der Waals surface area contributed by atoms with Gasteiger partial charge in [-0.1, -0.05) is 66.2 Å². The van der Waals surface area contributed by atoms with E-state index in [4.69, 9.17) is 4.74 Å². The van der Waals surface area contributed by atoms with Gasteiger partial charge < -0.3 is 4.74 Å². The zero-order valence-electron chi connectivity index (χ0n) is 12.6. The van der Waals surface area contributed by atoms with E-state index < -0.39 is 0 Å². The van der Waals surface area contributed by atoms with Crippen LogP contribution in [0.5, 0.6) is 0 Å². The first-order valence-electron chi connectivity index (χ1n) is 7.89. The number of hydrogen-bond donors (Lipinski definition) is 0. The second kappa shape index (κ2) is 12.4. The fourth-order valence-corrected chi connectivity index (χ4v) is 2.43. The van der Waals surface area contributed by atoms with Crippen molar-refractivity contribution in [2.75, 3.05) is 6.61 Å². The molecule has 0 aliphatic heterocycles. The van der Waals surface area contributed by atoms with E-state index in [0.717, 1.165) is 12.5 Å². The summed E-state index contributed by atoms with van der Waals surface area (Å²) in [7, 11) is 0. The van der Waals surface area contributed by atoms with Crippen LogP contribution in [0.3, 0.4) is 0 Å². The molecule has 0 saturated carbocycles. The van der Waals surface area contributed by atoms with Crippen LogP contribution < -0.4 is 0 Å². The Morgan fingerprint density at radius 2 is 1.47 bits per heavy atom. The first kappa shape index (κ1) is 17.0. The summed E-state index contributed by atoms with van der Waals surface area (Å²) in [6, 6.07) is 0. The maximum absolute atomic E-state index is 6.06. The molecule has 0 aliphatic rings. The Morgan fingerprint density at radius 1 is 0.765 bits per heavy atom. The van der Waals surface area contributed by atoms with Gasteiger partial charge in [-0.3, -0.25) is 0 Å². The van der Waals surface area contributed by atoms with E-state index in [1.165, 1.54) is 57.8 Å². The Balaban J connectivity index is 3.70. The van der Waals surface area contributed by atoms with Crippen LogP contribution in [0.15, 0.2) is 0 Å². The average Bonchev–Trinajstić information content (AvgIpc) is 2.34. The van der Waals surface area contributed by atoms with Gasteiger partial charge in [0.05, 0.1) is 6.10 Å². The number of rotatable bonds is 12. The van der Waals surface area contributed by atoms with Crippen LogP contribution in [0.4, 0.5) is 0 Å². The number of unbranched alkanes of at least 4 members (excludes halogenated alkanes) is 1. The van der Waals surface area contributed by atoms with Gasteiger partial charge in [0.25, 0.3) is 0 Å². The van der Waals surface area contributed by atoms with E-state index >= 15 is 0 Å². The summed E-state index contributed by atoms with van der Waals surface area (Å²) in [6.45, 7) is 10.1. The lowest BCUT2D eigenvalue weighted by Crippen LogP contribution is -2.15. The highest BCUT2D eigenvalue weighted by Crippen LogP contribution is 2.17. The lowest BCUT2D eigenvalue weighted by molar-refractivity contribution is 0.0310. The fourth-order valence-electron chi connectivity index (χ4n) is 2.43. The Kier molecular flexibility index (Phi) is 12.4. The normalized spacial score (nSPS) is 14.8. The molecule has 1 nitrogen and oxygen atoms in total. The molecular weight excluding hydrogens is 208 g/mol. The third-order valence-corrected chi connectivity index (χ3v) is 3.64. The van der Waals surface area contributed by atoms with Crippen molar-refractivity contribution in [1.82, 2.24) is 0 Å². The molecule has 0 rings (SSSR count). The van der Waals surface area contributed by atoms with Gasteiger partial charge in [-0.25, -0.2) is 0 Å². The summed E-state index contributed by atoms with van der Waals surface area (Å²) in [4.78, 5) is 0. The predicted octanol–water partition coefficient (Wildman–Crippen LogP) is 5.58. The van der Waals surface area contributed by atoms with Crippen LogP contribution >= 0.6 is 0 Å². The van der Waals surface area contributed by atoms with Gasteiger partial charge >= 0.3 is 0 Å². The Labute approximate surface area is 109 Å². The van der Waals surface area contributed by atoms with Crippen molar-refractivity contribution in [2.45, 2.75) is 91.6 Å². The maximum Gasteiger partial charge on any atom is 0.0575 e. The van der Waals surface area contributed by atoms with Crippen molar-refractivity contribution in [3.8, 4) is 0 Å². The van der Waals surface area contributed by atoms with Gasteiger partial charge in [-0.2, -0.15) is 0 Å². The van der Waals surface area contributed by atoms with Gasteiger partial charge in [0.1, 0.15) is 0 Å². The topological polar surface area (TPSA) is 9.23 Å². The summed E-state index contributed by atoms with van der Waals surface area (Å²) in [5.74, 6) is 0.883. The molecule has 0 aliphatic carbocycles. The van der Waals surface area contributed by atoms with Crippen molar-refractivity contribution in [3.63, 3.8) is 0 Å². The minimum Gasteiger partial charge on any atom is -0.378 e. The van der Waals surface area contributed by atoms with E-state index in [1.54, 1.807) is 0 Å². The summed E-state index contributed by atoms with van der Waals surface area (Å²) in [5.41, 5.74) is 0. The molecule has 0 amide bonds. The van der Waals surface area contributed by atoms with E-state index in [0.29, 0.717) is 6.10 Å². The van der Waals surface area contributed by atoms with Crippen LogP contribution in [0, 0.1) is 5.92 Å². The molecule has 0 saturated heterocycles.